The van der Waals surface area contributed by atoms with Crippen LogP contribution in [-0.2, 0) is 10.1 Å². The van der Waals surface area contributed by atoms with Crippen LogP contribution in [0.1, 0.15) is 5.56 Å². The summed E-state index contributed by atoms with van der Waals surface area (Å²) in [4.78, 5) is -0.0666. The fraction of sp³-hybridized carbons (Fsp3) is 0.0323. The molecule has 5 rings (SSSR count). The predicted octanol–water partition coefficient (Wildman–Crippen LogP) is 8.23. The molecule has 0 aliphatic carbocycles. The van der Waals surface area contributed by atoms with E-state index in [2.05, 4.69) is 121 Å². The van der Waals surface area contributed by atoms with E-state index in [1.165, 1.54) is 34.9 Å². The van der Waals surface area contributed by atoms with Gasteiger partial charge in [0.2, 0.25) is 0 Å². The molecular formula is C31H28NO3S+. The molecule has 0 heterocycles. The Morgan fingerprint density at radius 2 is 0.750 bits per heavy atom. The van der Waals surface area contributed by atoms with E-state index < -0.39 is 10.1 Å². The highest BCUT2D eigenvalue weighted by Gasteiger charge is 2.38. The van der Waals surface area contributed by atoms with Crippen LogP contribution in [0.3, 0.4) is 0 Å². The lowest BCUT2D eigenvalue weighted by Gasteiger charge is -2.37. The van der Waals surface area contributed by atoms with Crippen LogP contribution in [-0.4, -0.2) is 13.0 Å². The second-order valence-corrected chi connectivity index (χ2v) is 9.72. The van der Waals surface area contributed by atoms with Crippen molar-refractivity contribution in [2.45, 2.75) is 11.8 Å². The smallest absolute Gasteiger partial charge is 0.282 e. The zero-order chi connectivity index (χ0) is 25.4. The minimum atomic E-state index is -4.02. The molecule has 36 heavy (non-hydrogen) atoms. The van der Waals surface area contributed by atoms with Crippen LogP contribution in [0.15, 0.2) is 150 Å². The fourth-order valence-electron chi connectivity index (χ4n) is 4.21. The number of hydrogen-bond acceptors (Lipinski definition) is 2. The van der Waals surface area contributed by atoms with Crippen LogP contribution >= 0.6 is 0 Å². The van der Waals surface area contributed by atoms with Crippen LogP contribution in [0.4, 0.5) is 22.7 Å². The Bertz CT molecular complexity index is 1310. The molecule has 0 aliphatic rings. The van der Waals surface area contributed by atoms with Gasteiger partial charge in [0.1, 0.15) is 22.7 Å². The molecular weight excluding hydrogens is 466 g/mol. The van der Waals surface area contributed by atoms with E-state index in [-0.39, 0.29) is 4.90 Å². The second-order valence-electron chi connectivity index (χ2n) is 8.30. The van der Waals surface area contributed by atoms with Crippen molar-refractivity contribution in [3.63, 3.8) is 0 Å². The predicted molar refractivity (Wildman–Crippen MR) is 148 cm³/mol. The fourth-order valence-corrected chi connectivity index (χ4v) is 4.69. The maximum absolute atomic E-state index is 10.5. The first-order valence-corrected chi connectivity index (χ1v) is 13.0. The first-order chi connectivity index (χ1) is 17.4. The van der Waals surface area contributed by atoms with Crippen LogP contribution in [0.2, 0.25) is 0 Å². The first-order valence-electron chi connectivity index (χ1n) is 11.6. The standard InChI is InChI=1S/C24H20N.C7H8O3S/c1-5-13-21(14-6-1)25(22-15-7-2-8-16-22,23-17-9-3-10-18-23)24-19-11-4-12-20-24;1-6-2-4-7(5-3-6)11(8,9)10/h1-20H;2-5H,1H3,(H,8,9,10)/q+1;. The van der Waals surface area contributed by atoms with Gasteiger partial charge in [0.15, 0.2) is 0 Å². The van der Waals surface area contributed by atoms with Crippen LogP contribution in [0.25, 0.3) is 0 Å². The lowest BCUT2D eigenvalue weighted by Crippen LogP contribution is -2.33. The molecule has 5 aromatic carbocycles. The SMILES string of the molecule is Cc1ccc(S(=O)(=O)O)cc1.c1ccc([N+](c2ccccc2)(c2ccccc2)c2ccccc2)cc1. The van der Waals surface area contributed by atoms with Gasteiger partial charge in [-0.2, -0.15) is 12.9 Å². The summed E-state index contributed by atoms with van der Waals surface area (Å²) in [5, 5.41) is 0. The van der Waals surface area contributed by atoms with E-state index in [4.69, 9.17) is 4.55 Å². The van der Waals surface area contributed by atoms with Crippen molar-refractivity contribution in [2.75, 3.05) is 0 Å². The summed E-state index contributed by atoms with van der Waals surface area (Å²) in [6.45, 7) is 1.84. The minimum Gasteiger partial charge on any atom is -0.282 e. The topological polar surface area (TPSA) is 54.4 Å². The maximum Gasteiger partial charge on any atom is 0.294 e. The van der Waals surface area contributed by atoms with E-state index in [0.29, 0.717) is 4.48 Å². The van der Waals surface area contributed by atoms with Gasteiger partial charge >= 0.3 is 0 Å². The molecule has 0 radical (unpaired) electrons. The van der Waals surface area contributed by atoms with Gasteiger partial charge in [0, 0.05) is 48.5 Å². The van der Waals surface area contributed by atoms with Gasteiger partial charge < -0.3 is 0 Å². The Kier molecular flexibility index (Phi) is 7.76. The largest absolute Gasteiger partial charge is 0.294 e. The van der Waals surface area contributed by atoms with Crippen molar-refractivity contribution in [3.8, 4) is 0 Å². The number of rotatable bonds is 5. The first kappa shape index (κ1) is 25.1. The van der Waals surface area contributed by atoms with E-state index >= 15 is 0 Å². The summed E-state index contributed by atoms with van der Waals surface area (Å²) in [5.74, 6) is 0. The molecule has 0 aliphatic heterocycles. The average Bonchev–Trinajstić information content (AvgIpc) is 2.92. The Balaban J connectivity index is 0.000000233. The highest BCUT2D eigenvalue weighted by molar-refractivity contribution is 7.85. The highest BCUT2D eigenvalue weighted by atomic mass is 32.2. The van der Waals surface area contributed by atoms with Crippen LogP contribution in [0, 0.1) is 6.92 Å². The molecule has 0 unspecified atom stereocenters. The zero-order valence-electron chi connectivity index (χ0n) is 20.0. The van der Waals surface area contributed by atoms with Gasteiger partial charge in [-0.05, 0) is 19.1 Å². The third kappa shape index (κ3) is 5.44. The Morgan fingerprint density at radius 3 is 1.00 bits per heavy atom. The monoisotopic (exact) mass is 494 g/mol. The van der Waals surface area contributed by atoms with Gasteiger partial charge in [0.05, 0.1) is 4.90 Å². The molecule has 5 heteroatoms. The highest BCUT2D eigenvalue weighted by Crippen LogP contribution is 2.50. The van der Waals surface area contributed by atoms with E-state index in [1.807, 2.05) is 6.92 Å². The molecule has 0 saturated carbocycles. The van der Waals surface area contributed by atoms with E-state index in [1.54, 1.807) is 12.1 Å². The lowest BCUT2D eigenvalue weighted by molar-refractivity contribution is 0.483. The number of para-hydroxylation sites is 4. The number of nitrogens with zero attached hydrogens (tertiary/aromatic N) is 1. The van der Waals surface area contributed by atoms with E-state index in [0.717, 1.165) is 5.56 Å². The second kappa shape index (κ2) is 11.1. The molecule has 0 aromatic heterocycles. The summed E-state index contributed by atoms with van der Waals surface area (Å²) in [6.07, 6.45) is 0. The molecule has 0 fully saturated rings. The van der Waals surface area contributed by atoms with Gasteiger partial charge in [-0.25, -0.2) is 0 Å². The van der Waals surface area contributed by atoms with Crippen molar-refractivity contribution in [1.29, 1.82) is 0 Å². The molecule has 4 nitrogen and oxygen atoms in total. The Morgan fingerprint density at radius 1 is 0.472 bits per heavy atom. The number of hydrogen-bond donors (Lipinski definition) is 1. The third-order valence-electron chi connectivity index (χ3n) is 5.89. The Hall–Kier alpha value is -4.03. The van der Waals surface area contributed by atoms with Gasteiger partial charge in [-0.1, -0.05) is 90.5 Å². The normalized spacial score (nSPS) is 11.3. The van der Waals surface area contributed by atoms with E-state index in [9.17, 15) is 8.42 Å². The maximum atomic E-state index is 10.5. The van der Waals surface area contributed by atoms with Gasteiger partial charge in [-0.3, -0.25) is 4.55 Å². The zero-order valence-corrected chi connectivity index (χ0v) is 20.8. The lowest BCUT2D eigenvalue weighted by atomic mass is 10.1. The van der Waals surface area contributed by atoms with Crippen molar-refractivity contribution in [2.24, 2.45) is 0 Å². The molecule has 0 spiro atoms. The summed E-state index contributed by atoms with van der Waals surface area (Å²) >= 11 is 0. The van der Waals surface area contributed by atoms with Gasteiger partial charge in [0.25, 0.3) is 10.1 Å². The Labute approximate surface area is 213 Å². The number of quaternary nitrogens is 1. The summed E-state index contributed by atoms with van der Waals surface area (Å²) in [7, 11) is -4.02. The van der Waals surface area contributed by atoms with Crippen molar-refractivity contribution >= 4 is 32.9 Å². The van der Waals surface area contributed by atoms with Gasteiger partial charge in [-0.15, -0.1) is 0 Å². The minimum absolute atomic E-state index is 0.0666. The molecule has 0 saturated heterocycles. The number of aryl methyl sites for hydroxylation is 1. The molecule has 0 atom stereocenters. The average molecular weight is 495 g/mol. The van der Waals surface area contributed by atoms with Crippen molar-refractivity contribution < 1.29 is 13.0 Å². The number of benzene rings is 5. The third-order valence-corrected chi connectivity index (χ3v) is 6.76. The summed E-state index contributed by atoms with van der Waals surface area (Å²) < 4.78 is 30.1. The van der Waals surface area contributed by atoms with Crippen LogP contribution in [0.5, 0.6) is 0 Å². The van der Waals surface area contributed by atoms with Crippen molar-refractivity contribution in [3.05, 3.63) is 151 Å². The molecule has 5 aromatic rings. The summed E-state index contributed by atoms with van der Waals surface area (Å²) in [5.41, 5.74) is 5.81. The molecule has 0 bridgehead atoms. The summed E-state index contributed by atoms with van der Waals surface area (Å²) in [6, 6.07) is 48.7. The molecule has 0 amide bonds. The van der Waals surface area contributed by atoms with Crippen LogP contribution < -0.4 is 4.48 Å². The molecule has 1 N–H and O–H groups in total. The molecule has 180 valence electrons. The van der Waals surface area contributed by atoms with Crippen molar-refractivity contribution in [1.82, 2.24) is 4.48 Å². The quantitative estimate of drug-likeness (QED) is 0.198.